The summed E-state index contributed by atoms with van der Waals surface area (Å²) < 4.78 is 10.9. The number of carbonyl (C=O) groups excluding carboxylic acids is 3. The van der Waals surface area contributed by atoms with Gasteiger partial charge in [0.25, 0.3) is 5.91 Å². The molecule has 37 heavy (non-hydrogen) atoms. The van der Waals surface area contributed by atoms with Gasteiger partial charge in [-0.1, -0.05) is 12.1 Å². The monoisotopic (exact) mass is 518 g/mol. The number of primary amides is 1. The Bertz CT molecular complexity index is 1400. The lowest BCUT2D eigenvalue weighted by molar-refractivity contribution is -0.136. The Labute approximate surface area is 217 Å². The molecule has 10 heteroatoms. The number of amides is 3. The highest BCUT2D eigenvalue weighted by Crippen LogP contribution is 2.36. The molecule has 0 aliphatic heterocycles. The average molecular weight is 519 g/mol. The number of benzene rings is 2. The van der Waals surface area contributed by atoms with E-state index >= 15 is 0 Å². The number of hydrogen-bond acceptors (Lipinski definition) is 7. The molecule has 0 bridgehead atoms. The van der Waals surface area contributed by atoms with Gasteiger partial charge in [-0.3, -0.25) is 19.3 Å². The molecule has 2 aromatic heterocycles. The van der Waals surface area contributed by atoms with E-state index in [0.717, 1.165) is 11.3 Å². The Morgan fingerprint density at radius 3 is 2.49 bits per heavy atom. The number of thiophene rings is 1. The van der Waals surface area contributed by atoms with Crippen molar-refractivity contribution in [1.82, 2.24) is 4.98 Å². The quantitative estimate of drug-likeness (QED) is 0.331. The molecule has 0 fully saturated rings. The Kier molecular flexibility index (Phi) is 7.40. The van der Waals surface area contributed by atoms with Gasteiger partial charge in [0.2, 0.25) is 0 Å². The van der Waals surface area contributed by atoms with Crippen molar-refractivity contribution in [3.05, 3.63) is 83.0 Å². The van der Waals surface area contributed by atoms with Crippen molar-refractivity contribution in [2.45, 2.75) is 25.8 Å². The van der Waals surface area contributed by atoms with E-state index in [1.54, 1.807) is 36.5 Å². The lowest BCUT2D eigenvalue weighted by Crippen LogP contribution is -2.53. The van der Waals surface area contributed by atoms with Crippen LogP contribution in [0.4, 0.5) is 11.4 Å². The van der Waals surface area contributed by atoms with E-state index in [2.05, 4.69) is 10.3 Å². The molecule has 0 spiro atoms. The molecule has 0 atom stereocenters. The lowest BCUT2D eigenvalue weighted by atomic mass is 9.91. The number of nitrogens with zero attached hydrogens (tertiary/aromatic N) is 2. The number of ether oxygens (including phenoxy) is 1. The highest BCUT2D eigenvalue weighted by molar-refractivity contribution is 7.08. The van der Waals surface area contributed by atoms with E-state index < -0.39 is 17.4 Å². The topological polar surface area (TPSA) is 128 Å². The maximum Gasteiger partial charge on any atom is 0.316 e. The minimum absolute atomic E-state index is 0.214. The number of methoxy groups -OCH3 is 1. The summed E-state index contributed by atoms with van der Waals surface area (Å²) in [5.74, 6) is -1.21. The first kappa shape index (κ1) is 25.6. The summed E-state index contributed by atoms with van der Waals surface area (Å²) in [7, 11) is 1.50. The van der Waals surface area contributed by atoms with Gasteiger partial charge in [0, 0.05) is 28.2 Å². The van der Waals surface area contributed by atoms with Crippen LogP contribution in [0, 0.1) is 0 Å². The molecule has 2 aromatic carbocycles. The first-order valence-electron chi connectivity index (χ1n) is 11.3. The maximum atomic E-state index is 13.0. The van der Waals surface area contributed by atoms with Crippen LogP contribution in [0.2, 0.25) is 0 Å². The zero-order valence-electron chi connectivity index (χ0n) is 20.6. The molecule has 190 valence electrons. The summed E-state index contributed by atoms with van der Waals surface area (Å²) in [6.45, 7) is 3.67. The van der Waals surface area contributed by atoms with Crippen LogP contribution in [-0.4, -0.2) is 35.4 Å². The number of anilines is 2. The predicted molar refractivity (Wildman–Crippen MR) is 142 cm³/mol. The summed E-state index contributed by atoms with van der Waals surface area (Å²) in [5, 5.41) is 6.58. The van der Waals surface area contributed by atoms with Crippen LogP contribution in [0.3, 0.4) is 0 Å². The fraction of sp³-hybridized carbons (Fsp3) is 0.185. The fourth-order valence-corrected chi connectivity index (χ4v) is 4.70. The van der Waals surface area contributed by atoms with Crippen LogP contribution < -0.4 is 20.7 Å². The normalized spacial score (nSPS) is 11.1. The van der Waals surface area contributed by atoms with Crippen molar-refractivity contribution in [2.75, 3.05) is 17.3 Å². The lowest BCUT2D eigenvalue weighted by Gasteiger charge is -2.38. The Balaban J connectivity index is 1.60. The van der Waals surface area contributed by atoms with Crippen molar-refractivity contribution in [2.24, 2.45) is 5.73 Å². The largest absolute Gasteiger partial charge is 0.496 e. The molecular formula is C27H26N4O5S. The van der Waals surface area contributed by atoms with Crippen LogP contribution in [-0.2, 0) is 16.0 Å². The Hall–Kier alpha value is -4.44. The second kappa shape index (κ2) is 10.7. The summed E-state index contributed by atoms with van der Waals surface area (Å²) in [6.07, 6.45) is 3.24. The Morgan fingerprint density at radius 2 is 1.89 bits per heavy atom. The van der Waals surface area contributed by atoms with Gasteiger partial charge < -0.3 is 20.2 Å². The zero-order chi connectivity index (χ0) is 26.6. The molecule has 0 radical (unpaired) electrons. The minimum Gasteiger partial charge on any atom is -0.496 e. The van der Waals surface area contributed by atoms with E-state index in [1.165, 1.54) is 29.7 Å². The smallest absolute Gasteiger partial charge is 0.316 e. The van der Waals surface area contributed by atoms with Gasteiger partial charge >= 0.3 is 11.8 Å². The van der Waals surface area contributed by atoms with Crippen LogP contribution in [0.1, 0.15) is 29.8 Å². The molecule has 2 heterocycles. The van der Waals surface area contributed by atoms with Gasteiger partial charge in [0.15, 0.2) is 12.2 Å². The van der Waals surface area contributed by atoms with Crippen molar-refractivity contribution in [1.29, 1.82) is 0 Å². The number of hydrogen-bond donors (Lipinski definition) is 2. The molecule has 3 N–H and O–H groups in total. The van der Waals surface area contributed by atoms with Gasteiger partial charge in [-0.05, 0) is 61.5 Å². The van der Waals surface area contributed by atoms with E-state index in [4.69, 9.17) is 14.9 Å². The van der Waals surface area contributed by atoms with E-state index in [0.29, 0.717) is 34.7 Å². The van der Waals surface area contributed by atoms with Gasteiger partial charge in [-0.25, -0.2) is 4.98 Å². The first-order valence-corrected chi connectivity index (χ1v) is 12.3. The molecule has 0 aliphatic carbocycles. The van der Waals surface area contributed by atoms with Crippen molar-refractivity contribution in [3.63, 3.8) is 0 Å². The molecule has 4 aromatic rings. The third-order valence-corrected chi connectivity index (χ3v) is 6.48. The molecule has 0 unspecified atom stereocenters. The summed E-state index contributed by atoms with van der Waals surface area (Å²) in [5.41, 5.74) is 7.74. The van der Waals surface area contributed by atoms with Crippen molar-refractivity contribution in [3.8, 4) is 17.1 Å². The minimum atomic E-state index is -1.08. The number of rotatable bonds is 8. The second-order valence-electron chi connectivity index (χ2n) is 8.91. The number of aromatic nitrogens is 1. The fourth-order valence-electron chi connectivity index (χ4n) is 4.11. The number of carbonyl (C=O) groups is 3. The van der Waals surface area contributed by atoms with Gasteiger partial charge in [-0.2, -0.15) is 11.3 Å². The summed E-state index contributed by atoms with van der Waals surface area (Å²) in [6, 6.07) is 14.0. The average Bonchev–Trinajstić information content (AvgIpc) is 3.58. The summed E-state index contributed by atoms with van der Waals surface area (Å²) in [4.78, 5) is 42.8. The van der Waals surface area contributed by atoms with E-state index in [1.807, 2.05) is 42.8 Å². The zero-order valence-corrected chi connectivity index (χ0v) is 21.4. The number of oxazole rings is 1. The molecule has 0 saturated carbocycles. The SMILES string of the molecule is COc1cc(N(C(=O)C(N)=O)C(C)(C)Cc2ccc(C(=O)Nc3ccsc3)cc2)ccc1-c1cnco1. The van der Waals surface area contributed by atoms with Crippen LogP contribution in [0.15, 0.2) is 76.3 Å². The van der Waals surface area contributed by atoms with Gasteiger partial charge in [0.05, 0.1) is 24.6 Å². The number of nitrogens with two attached hydrogens (primary N) is 1. The third kappa shape index (κ3) is 5.70. The predicted octanol–water partition coefficient (Wildman–Crippen LogP) is 4.50. The van der Waals surface area contributed by atoms with Crippen LogP contribution in [0.25, 0.3) is 11.3 Å². The molecule has 0 saturated heterocycles. The van der Waals surface area contributed by atoms with Crippen molar-refractivity contribution < 1.29 is 23.5 Å². The molecular weight excluding hydrogens is 492 g/mol. The third-order valence-electron chi connectivity index (χ3n) is 5.79. The second-order valence-corrected chi connectivity index (χ2v) is 9.69. The van der Waals surface area contributed by atoms with Gasteiger partial charge in [-0.15, -0.1) is 0 Å². The first-order chi connectivity index (χ1) is 17.7. The maximum absolute atomic E-state index is 13.0. The highest BCUT2D eigenvalue weighted by atomic mass is 32.1. The van der Waals surface area contributed by atoms with Crippen molar-refractivity contribution >= 4 is 40.4 Å². The van der Waals surface area contributed by atoms with E-state index in [9.17, 15) is 14.4 Å². The molecule has 3 amide bonds. The van der Waals surface area contributed by atoms with Crippen LogP contribution >= 0.6 is 11.3 Å². The Morgan fingerprint density at radius 1 is 1.14 bits per heavy atom. The molecule has 0 aliphatic rings. The summed E-state index contributed by atoms with van der Waals surface area (Å²) >= 11 is 1.50. The standard InChI is InChI=1S/C27H26N4O5S/c1-27(2,13-17-4-6-18(7-5-17)25(33)30-19-10-11-37-15-19)31(26(34)24(28)32)20-8-9-21(22(12-20)35-3)23-14-29-16-36-23/h4-12,14-16H,13H2,1-3H3,(H2,28,32)(H,30,33). The van der Waals surface area contributed by atoms with Crippen LogP contribution in [0.5, 0.6) is 5.75 Å². The molecule has 9 nitrogen and oxygen atoms in total. The molecule has 4 rings (SSSR count). The highest BCUT2D eigenvalue weighted by Gasteiger charge is 2.35. The van der Waals surface area contributed by atoms with Gasteiger partial charge in [0.1, 0.15) is 5.75 Å². The van der Waals surface area contributed by atoms with E-state index in [-0.39, 0.29) is 5.91 Å². The number of nitrogens with one attached hydrogen (secondary N) is 1.